The van der Waals surface area contributed by atoms with E-state index in [4.69, 9.17) is 9.84 Å². The number of aliphatic carboxylic acids is 1. The van der Waals surface area contributed by atoms with Gasteiger partial charge in [-0.05, 0) is 20.9 Å². The maximum absolute atomic E-state index is 12.4. The number of carboxylic acid groups (broad SMARTS) is 1. The first-order chi connectivity index (χ1) is 8.29. The van der Waals surface area contributed by atoms with Crippen LogP contribution < -0.4 is 0 Å². The van der Waals surface area contributed by atoms with E-state index >= 15 is 0 Å². The summed E-state index contributed by atoms with van der Waals surface area (Å²) in [6.07, 6.45) is -0.158. The smallest absolute Gasteiger partial charge is 0.305 e. The monoisotopic (exact) mass is 258 g/mol. The summed E-state index contributed by atoms with van der Waals surface area (Å²) >= 11 is 0. The molecular formula is C12H22N2O4. The predicted molar refractivity (Wildman–Crippen MR) is 66.3 cm³/mol. The van der Waals surface area contributed by atoms with Gasteiger partial charge in [0.05, 0.1) is 24.6 Å². The van der Waals surface area contributed by atoms with Crippen molar-refractivity contribution >= 4 is 11.9 Å². The van der Waals surface area contributed by atoms with E-state index in [1.807, 2.05) is 18.7 Å². The van der Waals surface area contributed by atoms with Gasteiger partial charge in [-0.1, -0.05) is 0 Å². The summed E-state index contributed by atoms with van der Waals surface area (Å²) in [4.78, 5) is 26.7. The fourth-order valence-electron chi connectivity index (χ4n) is 2.48. The molecule has 1 saturated heterocycles. The molecule has 6 heteroatoms. The number of methoxy groups -OCH3 is 1. The average Bonchev–Trinajstić information content (AvgIpc) is 2.23. The van der Waals surface area contributed by atoms with Gasteiger partial charge in [0, 0.05) is 20.2 Å². The van der Waals surface area contributed by atoms with Crippen LogP contribution in [0.3, 0.4) is 0 Å². The van der Waals surface area contributed by atoms with Crippen molar-refractivity contribution in [2.24, 2.45) is 0 Å². The van der Waals surface area contributed by atoms with Crippen molar-refractivity contribution in [1.82, 2.24) is 9.80 Å². The number of carboxylic acids is 1. The lowest BCUT2D eigenvalue weighted by Gasteiger charge is -2.49. The zero-order chi connectivity index (χ0) is 13.9. The first-order valence-electron chi connectivity index (χ1n) is 6.02. The quantitative estimate of drug-likeness (QED) is 0.753. The van der Waals surface area contributed by atoms with Gasteiger partial charge in [-0.15, -0.1) is 0 Å². The summed E-state index contributed by atoms with van der Waals surface area (Å²) < 4.78 is 5.01. The van der Waals surface area contributed by atoms with Gasteiger partial charge in [0.25, 0.3) is 0 Å². The standard InChI is InChI=1S/C12H22N2O4/c1-12(2)8-13(3)9(7-10(15)16)11(17)14(12)5-6-18-4/h9H,5-8H2,1-4H3,(H,15,16). The fraction of sp³-hybridized carbons (Fsp3) is 0.833. The molecule has 0 saturated carbocycles. The normalized spacial score (nSPS) is 24.3. The van der Waals surface area contributed by atoms with Crippen LogP contribution in [-0.4, -0.2) is 72.2 Å². The number of hydrogen-bond acceptors (Lipinski definition) is 4. The van der Waals surface area contributed by atoms with Gasteiger partial charge in [-0.2, -0.15) is 0 Å². The molecule has 18 heavy (non-hydrogen) atoms. The SMILES string of the molecule is COCCN1C(=O)C(CC(=O)O)N(C)CC1(C)C. The van der Waals surface area contributed by atoms with Gasteiger partial charge >= 0.3 is 5.97 Å². The number of ether oxygens (including phenoxy) is 1. The molecule has 1 aliphatic rings. The average molecular weight is 258 g/mol. The fourth-order valence-corrected chi connectivity index (χ4v) is 2.48. The van der Waals surface area contributed by atoms with Crippen LogP contribution in [0.15, 0.2) is 0 Å². The molecule has 6 nitrogen and oxygen atoms in total. The first-order valence-corrected chi connectivity index (χ1v) is 6.02. The van der Waals surface area contributed by atoms with E-state index in [2.05, 4.69) is 0 Å². The highest BCUT2D eigenvalue weighted by Gasteiger charge is 2.43. The summed E-state index contributed by atoms with van der Waals surface area (Å²) in [5, 5.41) is 8.87. The molecule has 1 aliphatic heterocycles. The molecule has 0 aromatic heterocycles. The Kier molecular flexibility index (Phi) is 4.70. The first kappa shape index (κ1) is 14.9. The maximum atomic E-state index is 12.4. The van der Waals surface area contributed by atoms with Crippen molar-refractivity contribution in [3.8, 4) is 0 Å². The van der Waals surface area contributed by atoms with Crippen LogP contribution in [0.25, 0.3) is 0 Å². The second-order valence-electron chi connectivity index (χ2n) is 5.32. The van der Waals surface area contributed by atoms with Crippen molar-refractivity contribution in [1.29, 1.82) is 0 Å². The van der Waals surface area contributed by atoms with Crippen LogP contribution in [0.1, 0.15) is 20.3 Å². The molecule has 0 radical (unpaired) electrons. The van der Waals surface area contributed by atoms with E-state index in [9.17, 15) is 9.59 Å². The number of carbonyl (C=O) groups excluding carboxylic acids is 1. The topological polar surface area (TPSA) is 70.1 Å². The Morgan fingerprint density at radius 2 is 2.17 bits per heavy atom. The summed E-state index contributed by atoms with van der Waals surface area (Å²) in [5.41, 5.74) is -0.306. The van der Waals surface area contributed by atoms with Crippen molar-refractivity contribution < 1.29 is 19.4 Å². The zero-order valence-electron chi connectivity index (χ0n) is 11.5. The molecule has 1 amide bonds. The van der Waals surface area contributed by atoms with Crippen LogP contribution in [0.4, 0.5) is 0 Å². The Balaban J connectivity index is 2.86. The Morgan fingerprint density at radius 3 is 2.67 bits per heavy atom. The molecule has 0 aliphatic carbocycles. The van der Waals surface area contributed by atoms with Crippen LogP contribution in [-0.2, 0) is 14.3 Å². The van der Waals surface area contributed by atoms with Gasteiger partial charge in [0.2, 0.25) is 5.91 Å². The summed E-state index contributed by atoms with van der Waals surface area (Å²) in [7, 11) is 3.38. The third-order valence-electron chi connectivity index (χ3n) is 3.34. The van der Waals surface area contributed by atoms with E-state index in [1.54, 1.807) is 19.1 Å². The molecule has 0 aromatic carbocycles. The van der Waals surface area contributed by atoms with Crippen molar-refractivity contribution in [3.05, 3.63) is 0 Å². The van der Waals surface area contributed by atoms with E-state index < -0.39 is 12.0 Å². The molecular weight excluding hydrogens is 236 g/mol. The Bertz CT molecular complexity index is 330. The van der Waals surface area contributed by atoms with Crippen molar-refractivity contribution in [3.63, 3.8) is 0 Å². The molecule has 1 N–H and O–H groups in total. The lowest BCUT2D eigenvalue weighted by Crippen LogP contribution is -2.66. The minimum Gasteiger partial charge on any atom is -0.481 e. The molecule has 0 spiro atoms. The number of carbonyl (C=O) groups is 2. The summed E-state index contributed by atoms with van der Waals surface area (Å²) in [6.45, 7) is 5.56. The minimum absolute atomic E-state index is 0.131. The number of rotatable bonds is 5. The molecule has 1 unspecified atom stereocenters. The van der Waals surface area contributed by atoms with Gasteiger partial charge in [-0.25, -0.2) is 0 Å². The highest BCUT2D eigenvalue weighted by Crippen LogP contribution is 2.25. The van der Waals surface area contributed by atoms with Gasteiger partial charge in [-0.3, -0.25) is 14.5 Å². The highest BCUT2D eigenvalue weighted by molar-refractivity contribution is 5.87. The van der Waals surface area contributed by atoms with Crippen LogP contribution in [0.5, 0.6) is 0 Å². The third kappa shape index (κ3) is 3.20. The highest BCUT2D eigenvalue weighted by atomic mass is 16.5. The molecule has 1 atom stereocenters. The molecule has 0 aromatic rings. The van der Waals surface area contributed by atoms with Crippen LogP contribution in [0.2, 0.25) is 0 Å². The number of hydrogen-bond donors (Lipinski definition) is 1. The molecule has 1 fully saturated rings. The van der Waals surface area contributed by atoms with Gasteiger partial charge in [0.15, 0.2) is 0 Å². The largest absolute Gasteiger partial charge is 0.481 e. The summed E-state index contributed by atoms with van der Waals surface area (Å²) in [5.74, 6) is -1.08. The van der Waals surface area contributed by atoms with E-state index in [0.717, 1.165) is 0 Å². The van der Waals surface area contributed by atoms with Crippen molar-refractivity contribution in [2.75, 3.05) is 33.9 Å². The number of likely N-dealkylation sites (N-methyl/N-ethyl adjacent to an activating group) is 1. The van der Waals surface area contributed by atoms with Gasteiger partial charge in [0.1, 0.15) is 0 Å². The Hall–Kier alpha value is -1.14. The lowest BCUT2D eigenvalue weighted by atomic mass is 9.94. The molecule has 1 heterocycles. The second kappa shape index (κ2) is 5.67. The molecule has 104 valence electrons. The third-order valence-corrected chi connectivity index (χ3v) is 3.34. The Morgan fingerprint density at radius 1 is 1.56 bits per heavy atom. The minimum atomic E-state index is -0.952. The second-order valence-corrected chi connectivity index (χ2v) is 5.32. The summed E-state index contributed by atoms with van der Waals surface area (Å²) in [6, 6.07) is -0.576. The van der Waals surface area contributed by atoms with E-state index in [-0.39, 0.29) is 17.9 Å². The van der Waals surface area contributed by atoms with Crippen molar-refractivity contribution in [2.45, 2.75) is 31.8 Å². The number of piperazine rings is 1. The molecule has 0 bridgehead atoms. The maximum Gasteiger partial charge on any atom is 0.305 e. The van der Waals surface area contributed by atoms with Crippen LogP contribution >= 0.6 is 0 Å². The Labute approximate surface area is 107 Å². The van der Waals surface area contributed by atoms with Gasteiger partial charge < -0.3 is 14.7 Å². The lowest BCUT2D eigenvalue weighted by molar-refractivity contribution is -0.156. The number of nitrogens with zero attached hydrogens (tertiary/aromatic N) is 2. The van der Waals surface area contributed by atoms with Crippen LogP contribution in [0, 0.1) is 0 Å². The van der Waals surface area contributed by atoms with E-state index in [1.165, 1.54) is 0 Å². The van der Waals surface area contributed by atoms with E-state index in [0.29, 0.717) is 19.7 Å². The predicted octanol–water partition coefficient (Wildman–Crippen LogP) is 0.0287. The number of amides is 1. The zero-order valence-corrected chi connectivity index (χ0v) is 11.5. The molecule has 1 rings (SSSR count).